The summed E-state index contributed by atoms with van der Waals surface area (Å²) in [6.45, 7) is 4.46. The van der Waals surface area contributed by atoms with Crippen molar-refractivity contribution in [1.82, 2.24) is 4.90 Å². The molecule has 1 aromatic carbocycles. The predicted molar refractivity (Wildman–Crippen MR) is 131 cm³/mol. The van der Waals surface area contributed by atoms with Crippen molar-refractivity contribution < 1.29 is 22.8 Å². The molecule has 1 aliphatic heterocycles. The van der Waals surface area contributed by atoms with E-state index in [0.717, 1.165) is 38.2 Å². The minimum atomic E-state index is -4.55. The molecule has 0 spiro atoms. The molecule has 2 unspecified atom stereocenters. The van der Waals surface area contributed by atoms with Crippen LogP contribution in [0.3, 0.4) is 0 Å². The van der Waals surface area contributed by atoms with Gasteiger partial charge in [-0.1, -0.05) is 35.9 Å². The Hall–Kier alpha value is -1.83. The highest BCUT2D eigenvalue weighted by Gasteiger charge is 2.61. The SMILES string of the molecule is CN1C(=O)C=C[C@@]2(C)C1CC[C@@H]1[C@H]2CC[C@]2(C)C(C(=O)Nc3ccc(Br)cc3C(F)(F)F)CC[C@@H]12. The molecule has 5 rings (SSSR count). The Morgan fingerprint density at radius 3 is 2.57 bits per heavy atom. The maximum absolute atomic E-state index is 13.6. The largest absolute Gasteiger partial charge is 0.418 e. The Morgan fingerprint density at radius 1 is 1.11 bits per heavy atom. The topological polar surface area (TPSA) is 49.4 Å². The summed E-state index contributed by atoms with van der Waals surface area (Å²) in [4.78, 5) is 27.6. The van der Waals surface area contributed by atoms with Gasteiger partial charge in [0.1, 0.15) is 0 Å². The van der Waals surface area contributed by atoms with E-state index in [1.54, 1.807) is 6.08 Å². The lowest BCUT2D eigenvalue weighted by molar-refractivity contribution is -0.141. The summed E-state index contributed by atoms with van der Waals surface area (Å²) >= 11 is 3.10. The Labute approximate surface area is 212 Å². The molecular formula is C27H32BrF3N2O2. The second-order valence-corrected chi connectivity index (χ2v) is 12.4. The molecule has 8 heteroatoms. The molecule has 1 heterocycles. The number of hydrogen-bond acceptors (Lipinski definition) is 2. The molecule has 7 atom stereocenters. The maximum Gasteiger partial charge on any atom is 0.418 e. The second kappa shape index (κ2) is 8.35. The first-order valence-electron chi connectivity index (χ1n) is 12.5. The van der Waals surface area contributed by atoms with Gasteiger partial charge in [0.15, 0.2) is 0 Å². The van der Waals surface area contributed by atoms with E-state index in [0.29, 0.717) is 28.6 Å². The number of nitrogens with one attached hydrogen (secondary N) is 1. The van der Waals surface area contributed by atoms with Crippen molar-refractivity contribution in [3.63, 3.8) is 0 Å². The molecular weight excluding hydrogens is 521 g/mol. The van der Waals surface area contributed by atoms with Crippen LogP contribution in [0, 0.1) is 34.5 Å². The van der Waals surface area contributed by atoms with Crippen LogP contribution in [-0.2, 0) is 15.8 Å². The van der Waals surface area contributed by atoms with E-state index in [2.05, 4.69) is 41.2 Å². The molecule has 190 valence electrons. The number of likely N-dealkylation sites (N-methyl/N-ethyl adjacent to an activating group) is 1. The van der Waals surface area contributed by atoms with Crippen LogP contribution >= 0.6 is 15.9 Å². The van der Waals surface area contributed by atoms with Crippen molar-refractivity contribution >= 4 is 33.4 Å². The van der Waals surface area contributed by atoms with E-state index in [1.807, 2.05) is 11.9 Å². The zero-order valence-electron chi connectivity index (χ0n) is 20.3. The van der Waals surface area contributed by atoms with Gasteiger partial charge < -0.3 is 10.2 Å². The average Bonchev–Trinajstić information content (AvgIpc) is 3.14. The summed E-state index contributed by atoms with van der Waals surface area (Å²) in [5, 5.41) is 2.64. The van der Waals surface area contributed by atoms with Crippen LogP contribution in [-0.4, -0.2) is 29.8 Å². The standard InChI is InChI=1S/C27H32BrF3N2O2/c1-25-12-10-18-16(5-9-22-26(18,2)13-11-23(34)33(22)3)17(25)6-7-19(25)24(35)32-21-8-4-15(28)14-20(21)27(29,30)31/h4,8,11,13-14,16-19,22H,5-7,9-10,12H2,1-3H3,(H,32,35)/t16-,17-,18+,19?,22?,25-,26+/m0/s1. The minimum absolute atomic E-state index is 0.0651. The Balaban J connectivity index is 1.38. The smallest absolute Gasteiger partial charge is 0.338 e. The molecule has 35 heavy (non-hydrogen) atoms. The van der Waals surface area contributed by atoms with Gasteiger partial charge in [-0.15, -0.1) is 0 Å². The number of amides is 2. The van der Waals surface area contributed by atoms with Gasteiger partial charge in [-0.2, -0.15) is 13.2 Å². The van der Waals surface area contributed by atoms with Crippen LogP contribution in [0.25, 0.3) is 0 Å². The minimum Gasteiger partial charge on any atom is -0.338 e. The molecule has 2 amide bonds. The van der Waals surface area contributed by atoms with Gasteiger partial charge in [0.05, 0.1) is 11.3 Å². The first kappa shape index (κ1) is 24.8. The summed E-state index contributed by atoms with van der Waals surface area (Å²) in [6.07, 6.45) is 4.72. The fourth-order valence-electron chi connectivity index (χ4n) is 8.25. The van der Waals surface area contributed by atoms with E-state index >= 15 is 0 Å². The van der Waals surface area contributed by atoms with E-state index in [1.165, 1.54) is 12.1 Å². The van der Waals surface area contributed by atoms with Gasteiger partial charge in [0, 0.05) is 28.9 Å². The number of alkyl halides is 3. The van der Waals surface area contributed by atoms with Gasteiger partial charge in [-0.25, -0.2) is 0 Å². The van der Waals surface area contributed by atoms with Gasteiger partial charge in [0.2, 0.25) is 11.8 Å². The molecule has 0 aromatic heterocycles. The third-order valence-corrected chi connectivity index (χ3v) is 10.5. The van der Waals surface area contributed by atoms with E-state index < -0.39 is 11.7 Å². The van der Waals surface area contributed by atoms with Gasteiger partial charge in [0.25, 0.3) is 0 Å². The number of nitrogens with zero attached hydrogens (tertiary/aromatic N) is 1. The number of carbonyl (C=O) groups is 2. The number of benzene rings is 1. The maximum atomic E-state index is 13.6. The average molecular weight is 553 g/mol. The second-order valence-electron chi connectivity index (χ2n) is 11.5. The Morgan fingerprint density at radius 2 is 1.86 bits per heavy atom. The highest BCUT2D eigenvalue weighted by atomic mass is 79.9. The normalized spacial score (nSPS) is 38.5. The zero-order chi connectivity index (χ0) is 25.3. The quantitative estimate of drug-likeness (QED) is 0.445. The highest BCUT2D eigenvalue weighted by molar-refractivity contribution is 9.10. The molecule has 1 aromatic rings. The third-order valence-electron chi connectivity index (χ3n) is 9.99. The molecule has 0 saturated heterocycles. The lowest BCUT2D eigenvalue weighted by Crippen LogP contribution is -2.59. The van der Waals surface area contributed by atoms with Gasteiger partial charge in [-0.3, -0.25) is 9.59 Å². The molecule has 0 radical (unpaired) electrons. The summed E-state index contributed by atoms with van der Waals surface area (Å²) in [6, 6.07) is 4.06. The Kier molecular flexibility index (Phi) is 5.93. The van der Waals surface area contributed by atoms with Crippen molar-refractivity contribution in [3.05, 3.63) is 40.4 Å². The van der Waals surface area contributed by atoms with Crippen molar-refractivity contribution in [2.24, 2.45) is 34.5 Å². The molecule has 1 N–H and O–H groups in total. The molecule has 4 aliphatic rings. The van der Waals surface area contributed by atoms with E-state index in [-0.39, 0.29) is 40.3 Å². The van der Waals surface area contributed by atoms with Crippen molar-refractivity contribution in [2.45, 2.75) is 64.6 Å². The van der Waals surface area contributed by atoms with Gasteiger partial charge >= 0.3 is 6.18 Å². The Bertz CT molecular complexity index is 1090. The van der Waals surface area contributed by atoms with E-state index in [9.17, 15) is 22.8 Å². The summed E-state index contributed by atoms with van der Waals surface area (Å²) in [5.74, 6) is 0.709. The monoisotopic (exact) mass is 552 g/mol. The number of fused-ring (bicyclic) bond motifs is 5. The fraction of sp³-hybridized carbons (Fsp3) is 0.630. The summed E-state index contributed by atoms with van der Waals surface area (Å²) in [5.41, 5.74) is -1.33. The molecule has 3 fully saturated rings. The predicted octanol–water partition coefficient (Wildman–Crippen LogP) is 6.66. The van der Waals surface area contributed by atoms with Crippen molar-refractivity contribution in [1.29, 1.82) is 0 Å². The number of carbonyl (C=O) groups excluding carboxylic acids is 2. The van der Waals surface area contributed by atoms with Crippen molar-refractivity contribution in [3.8, 4) is 0 Å². The molecule has 3 saturated carbocycles. The van der Waals surface area contributed by atoms with Crippen LogP contribution in [0.15, 0.2) is 34.8 Å². The number of rotatable bonds is 2. The molecule has 4 nitrogen and oxygen atoms in total. The van der Waals surface area contributed by atoms with E-state index in [4.69, 9.17) is 0 Å². The summed E-state index contributed by atoms with van der Waals surface area (Å²) in [7, 11) is 1.90. The fourth-order valence-corrected chi connectivity index (χ4v) is 8.61. The van der Waals surface area contributed by atoms with Crippen LogP contribution in [0.5, 0.6) is 0 Å². The summed E-state index contributed by atoms with van der Waals surface area (Å²) < 4.78 is 41.1. The lowest BCUT2D eigenvalue weighted by atomic mass is 9.47. The van der Waals surface area contributed by atoms with Gasteiger partial charge in [-0.05, 0) is 86.0 Å². The zero-order valence-corrected chi connectivity index (χ0v) is 21.9. The van der Waals surface area contributed by atoms with Crippen LogP contribution in [0.2, 0.25) is 0 Å². The highest BCUT2D eigenvalue weighted by Crippen LogP contribution is 2.65. The van der Waals surface area contributed by atoms with Crippen LogP contribution in [0.1, 0.15) is 57.9 Å². The third kappa shape index (κ3) is 3.85. The first-order chi connectivity index (χ1) is 16.4. The number of anilines is 1. The van der Waals surface area contributed by atoms with Crippen molar-refractivity contribution in [2.75, 3.05) is 12.4 Å². The molecule has 3 aliphatic carbocycles. The number of halogens is 4. The lowest BCUT2D eigenvalue weighted by Gasteiger charge is -2.60. The van der Waals surface area contributed by atoms with Crippen LogP contribution < -0.4 is 5.32 Å². The first-order valence-corrected chi connectivity index (χ1v) is 13.3. The number of hydrogen-bond donors (Lipinski definition) is 1. The van der Waals surface area contributed by atoms with Crippen LogP contribution in [0.4, 0.5) is 18.9 Å². The molecule has 0 bridgehead atoms.